The second-order valence-electron chi connectivity index (χ2n) is 6.85. The first-order valence-electron chi connectivity index (χ1n) is 9.39. The molecule has 1 aliphatic rings. The normalized spacial score (nSPS) is 13.0. The van der Waals surface area contributed by atoms with E-state index < -0.39 is 16.0 Å². The Morgan fingerprint density at radius 3 is 2.38 bits per heavy atom. The van der Waals surface area contributed by atoms with Crippen molar-refractivity contribution in [1.82, 2.24) is 0 Å². The van der Waals surface area contributed by atoms with E-state index in [0.717, 1.165) is 19.3 Å². The number of fused-ring (bicyclic) bond motifs is 1. The van der Waals surface area contributed by atoms with Crippen molar-refractivity contribution in [2.24, 2.45) is 5.14 Å². The SMILES string of the molecule is NS(=O)(=O)c1ccc(OCCOC(=O)CCC(=O)c2ccc3c(c2)CCC3)cc1. The molecule has 2 aromatic rings. The van der Waals surface area contributed by atoms with Gasteiger partial charge in [0.1, 0.15) is 19.0 Å². The van der Waals surface area contributed by atoms with Crippen molar-refractivity contribution in [1.29, 1.82) is 0 Å². The van der Waals surface area contributed by atoms with E-state index >= 15 is 0 Å². The van der Waals surface area contributed by atoms with E-state index in [1.54, 1.807) is 0 Å². The standard InChI is InChI=1S/C21H23NO6S/c22-29(25,26)19-8-6-18(7-9-19)27-12-13-28-21(24)11-10-20(23)17-5-4-15-2-1-3-16(15)14-17/h4-9,14H,1-3,10-13H2,(H2,22,25,26). The molecule has 0 fully saturated rings. The number of aryl methyl sites for hydroxylation is 2. The topological polar surface area (TPSA) is 113 Å². The van der Waals surface area contributed by atoms with Gasteiger partial charge in [0.05, 0.1) is 11.3 Å². The van der Waals surface area contributed by atoms with Crippen LogP contribution in [0.25, 0.3) is 0 Å². The van der Waals surface area contributed by atoms with Gasteiger partial charge in [0.2, 0.25) is 10.0 Å². The highest BCUT2D eigenvalue weighted by molar-refractivity contribution is 7.89. The fraction of sp³-hybridized carbons (Fsp3) is 0.333. The fourth-order valence-electron chi connectivity index (χ4n) is 3.22. The summed E-state index contributed by atoms with van der Waals surface area (Å²) in [5.74, 6) is -0.101. The maximum atomic E-state index is 12.3. The van der Waals surface area contributed by atoms with E-state index in [1.165, 1.54) is 35.4 Å². The zero-order chi connectivity index (χ0) is 20.9. The van der Waals surface area contributed by atoms with Crippen molar-refractivity contribution in [2.75, 3.05) is 13.2 Å². The summed E-state index contributed by atoms with van der Waals surface area (Å²) in [5.41, 5.74) is 3.18. The molecule has 29 heavy (non-hydrogen) atoms. The Labute approximate surface area is 169 Å². The molecular formula is C21H23NO6S. The Morgan fingerprint density at radius 2 is 1.66 bits per heavy atom. The van der Waals surface area contributed by atoms with Crippen molar-refractivity contribution < 1.29 is 27.5 Å². The van der Waals surface area contributed by atoms with E-state index in [0.29, 0.717) is 11.3 Å². The first-order chi connectivity index (χ1) is 13.8. The van der Waals surface area contributed by atoms with E-state index in [1.807, 2.05) is 18.2 Å². The molecule has 0 saturated heterocycles. The maximum absolute atomic E-state index is 12.3. The highest BCUT2D eigenvalue weighted by Crippen LogP contribution is 2.23. The lowest BCUT2D eigenvalue weighted by Gasteiger charge is -2.08. The molecule has 8 heteroatoms. The van der Waals surface area contributed by atoms with Crippen molar-refractivity contribution in [2.45, 2.75) is 37.0 Å². The Balaban J connectivity index is 1.36. The lowest BCUT2D eigenvalue weighted by Crippen LogP contribution is -2.14. The van der Waals surface area contributed by atoms with Gasteiger partial charge in [-0.15, -0.1) is 0 Å². The summed E-state index contributed by atoms with van der Waals surface area (Å²) in [6, 6.07) is 11.4. The van der Waals surface area contributed by atoms with Crippen LogP contribution in [0.1, 0.15) is 40.7 Å². The quantitative estimate of drug-likeness (QED) is 0.381. The summed E-state index contributed by atoms with van der Waals surface area (Å²) in [4.78, 5) is 24.1. The monoisotopic (exact) mass is 417 g/mol. The van der Waals surface area contributed by atoms with Crippen LogP contribution in [-0.4, -0.2) is 33.4 Å². The van der Waals surface area contributed by atoms with E-state index in [2.05, 4.69) is 0 Å². The third-order valence-electron chi connectivity index (χ3n) is 4.74. The second-order valence-corrected chi connectivity index (χ2v) is 8.41. The summed E-state index contributed by atoms with van der Waals surface area (Å²) >= 11 is 0. The van der Waals surface area contributed by atoms with Gasteiger partial charge >= 0.3 is 5.97 Å². The van der Waals surface area contributed by atoms with Gasteiger partial charge in [0.15, 0.2) is 5.78 Å². The third kappa shape index (κ3) is 5.88. The first kappa shape index (κ1) is 21.0. The van der Waals surface area contributed by atoms with Crippen molar-refractivity contribution >= 4 is 21.8 Å². The van der Waals surface area contributed by atoms with Gasteiger partial charge in [-0.25, -0.2) is 13.6 Å². The van der Waals surface area contributed by atoms with Gasteiger partial charge in [-0.2, -0.15) is 0 Å². The minimum atomic E-state index is -3.75. The average Bonchev–Trinajstić information content (AvgIpc) is 3.17. The smallest absolute Gasteiger partial charge is 0.306 e. The highest BCUT2D eigenvalue weighted by atomic mass is 32.2. The number of primary sulfonamides is 1. The van der Waals surface area contributed by atoms with Crippen LogP contribution in [0.3, 0.4) is 0 Å². The molecule has 0 bridgehead atoms. The minimum absolute atomic E-state index is 0.00989. The molecule has 0 aromatic heterocycles. The van der Waals surface area contributed by atoms with Gasteiger partial charge in [-0.1, -0.05) is 12.1 Å². The molecule has 0 radical (unpaired) electrons. The molecular weight excluding hydrogens is 394 g/mol. The summed E-state index contributed by atoms with van der Waals surface area (Å²) in [6.45, 7) is 0.141. The molecule has 0 unspecified atom stereocenters. The minimum Gasteiger partial charge on any atom is -0.490 e. The summed E-state index contributed by atoms with van der Waals surface area (Å²) in [5, 5.41) is 5.02. The fourth-order valence-corrected chi connectivity index (χ4v) is 3.73. The second kappa shape index (κ2) is 9.19. The van der Waals surface area contributed by atoms with E-state index in [4.69, 9.17) is 14.6 Å². The molecule has 2 aromatic carbocycles. The maximum Gasteiger partial charge on any atom is 0.306 e. The molecule has 154 valence electrons. The number of hydrogen-bond donors (Lipinski definition) is 1. The number of carbonyl (C=O) groups excluding carboxylic acids is 2. The van der Waals surface area contributed by atoms with Gasteiger partial charge in [-0.3, -0.25) is 9.59 Å². The van der Waals surface area contributed by atoms with Gasteiger partial charge in [0, 0.05) is 12.0 Å². The number of ether oxygens (including phenoxy) is 2. The Kier molecular flexibility index (Phi) is 6.66. The van der Waals surface area contributed by atoms with Crippen molar-refractivity contribution in [3.8, 4) is 5.75 Å². The Hall–Kier alpha value is -2.71. The predicted octanol–water partition coefficient (Wildman–Crippen LogP) is 2.41. The van der Waals surface area contributed by atoms with Crippen LogP contribution >= 0.6 is 0 Å². The van der Waals surface area contributed by atoms with Crippen LogP contribution < -0.4 is 9.88 Å². The third-order valence-corrected chi connectivity index (χ3v) is 5.67. The van der Waals surface area contributed by atoms with Crippen molar-refractivity contribution in [3.63, 3.8) is 0 Å². The van der Waals surface area contributed by atoms with Crippen LogP contribution in [0.4, 0.5) is 0 Å². The average molecular weight is 417 g/mol. The van der Waals surface area contributed by atoms with Crippen LogP contribution in [0.5, 0.6) is 5.75 Å². The lowest BCUT2D eigenvalue weighted by atomic mass is 10.0. The first-order valence-corrected chi connectivity index (χ1v) is 10.9. The molecule has 0 heterocycles. The van der Waals surface area contributed by atoms with Gasteiger partial charge < -0.3 is 9.47 Å². The number of sulfonamides is 1. The molecule has 0 saturated carbocycles. The number of esters is 1. The van der Waals surface area contributed by atoms with Gasteiger partial charge in [0.25, 0.3) is 0 Å². The number of benzene rings is 2. The summed E-state index contributed by atoms with van der Waals surface area (Å²) < 4.78 is 32.8. The molecule has 0 aliphatic heterocycles. The van der Waals surface area contributed by atoms with Crippen LogP contribution in [-0.2, 0) is 32.4 Å². The number of carbonyl (C=O) groups is 2. The number of hydrogen-bond acceptors (Lipinski definition) is 6. The molecule has 0 spiro atoms. The molecule has 3 rings (SSSR count). The largest absolute Gasteiger partial charge is 0.490 e. The molecule has 0 atom stereocenters. The molecule has 7 nitrogen and oxygen atoms in total. The van der Waals surface area contributed by atoms with E-state index in [9.17, 15) is 18.0 Å². The predicted molar refractivity (Wildman–Crippen MR) is 106 cm³/mol. The van der Waals surface area contributed by atoms with Crippen molar-refractivity contribution in [3.05, 3.63) is 59.2 Å². The number of nitrogens with two attached hydrogens (primary N) is 1. The van der Waals surface area contributed by atoms with Crippen LogP contribution in [0.2, 0.25) is 0 Å². The molecule has 2 N–H and O–H groups in total. The Morgan fingerprint density at radius 1 is 0.931 bits per heavy atom. The number of rotatable bonds is 9. The summed E-state index contributed by atoms with van der Waals surface area (Å²) in [6.07, 6.45) is 3.31. The zero-order valence-electron chi connectivity index (χ0n) is 15.9. The Bertz CT molecular complexity index is 998. The molecule has 0 amide bonds. The highest BCUT2D eigenvalue weighted by Gasteiger charge is 2.15. The number of Topliss-reactive ketones (excluding diaryl/α,β-unsaturated/α-hetero) is 1. The van der Waals surface area contributed by atoms with Crippen LogP contribution in [0.15, 0.2) is 47.4 Å². The number of ketones is 1. The zero-order valence-corrected chi connectivity index (χ0v) is 16.7. The van der Waals surface area contributed by atoms with Crippen LogP contribution in [0, 0.1) is 0 Å². The van der Waals surface area contributed by atoms with Gasteiger partial charge in [-0.05, 0) is 60.7 Å². The summed E-state index contributed by atoms with van der Waals surface area (Å²) in [7, 11) is -3.75. The molecule has 1 aliphatic carbocycles. The van der Waals surface area contributed by atoms with E-state index in [-0.39, 0.29) is 36.7 Å². The lowest BCUT2D eigenvalue weighted by molar-refractivity contribution is -0.144.